The van der Waals surface area contributed by atoms with Crippen molar-refractivity contribution in [2.45, 2.75) is 59.5 Å². The van der Waals surface area contributed by atoms with Gasteiger partial charge in [-0.1, -0.05) is 37.3 Å². The van der Waals surface area contributed by atoms with Gasteiger partial charge >= 0.3 is 6.03 Å². The van der Waals surface area contributed by atoms with Gasteiger partial charge in [0.25, 0.3) is 0 Å². The zero-order chi connectivity index (χ0) is 22.1. The highest BCUT2D eigenvalue weighted by Gasteiger charge is 2.42. The molecule has 7 nitrogen and oxygen atoms in total. The Hall–Kier alpha value is -2.54. The maximum Gasteiger partial charge on any atom is 0.331 e. The molecule has 30 heavy (non-hydrogen) atoms. The number of hydrogen-bond acceptors (Lipinski definition) is 4. The summed E-state index contributed by atoms with van der Waals surface area (Å²) in [6.45, 7) is 11.7. The van der Waals surface area contributed by atoms with Crippen molar-refractivity contribution in [1.82, 2.24) is 10.2 Å². The topological polar surface area (TPSA) is 83.3 Å². The quantitative estimate of drug-likeness (QED) is 0.427. The number of barbiturate groups is 1. The van der Waals surface area contributed by atoms with Crippen molar-refractivity contribution in [3.63, 3.8) is 0 Å². The molecule has 1 unspecified atom stereocenters. The molecule has 164 valence electrons. The molecular formula is C23H35N4O3+. The Morgan fingerprint density at radius 3 is 2.40 bits per heavy atom. The number of benzene rings is 1. The van der Waals surface area contributed by atoms with Gasteiger partial charge in [0.15, 0.2) is 5.92 Å². The van der Waals surface area contributed by atoms with Crippen LogP contribution in [0, 0.1) is 5.92 Å². The van der Waals surface area contributed by atoms with Crippen LogP contribution >= 0.6 is 0 Å². The molecule has 4 amide bonds. The molecule has 0 aliphatic carbocycles. The van der Waals surface area contributed by atoms with Crippen molar-refractivity contribution in [2.24, 2.45) is 10.9 Å². The van der Waals surface area contributed by atoms with Crippen LogP contribution in [0.2, 0.25) is 0 Å². The summed E-state index contributed by atoms with van der Waals surface area (Å²) in [5.41, 5.74) is 1.38. The number of amides is 4. The van der Waals surface area contributed by atoms with Gasteiger partial charge in [0.2, 0.25) is 11.8 Å². The molecule has 1 aromatic carbocycles. The van der Waals surface area contributed by atoms with Crippen LogP contribution in [0.5, 0.6) is 0 Å². The number of quaternary nitrogens is 1. The van der Waals surface area contributed by atoms with Crippen LogP contribution in [0.25, 0.3) is 0 Å². The molecule has 0 radical (unpaired) electrons. The van der Waals surface area contributed by atoms with E-state index in [0.29, 0.717) is 12.1 Å². The van der Waals surface area contributed by atoms with Crippen molar-refractivity contribution in [3.05, 3.63) is 35.9 Å². The molecular weight excluding hydrogens is 380 g/mol. The van der Waals surface area contributed by atoms with Crippen LogP contribution in [0.3, 0.4) is 0 Å². The average Bonchev–Trinajstić information content (AvgIpc) is 2.74. The highest BCUT2D eigenvalue weighted by molar-refractivity contribution is 6.27. The second-order valence-corrected chi connectivity index (χ2v) is 7.81. The number of nitrogens with one attached hydrogen (secondary N) is 2. The smallest absolute Gasteiger partial charge is 0.331 e. The van der Waals surface area contributed by atoms with Crippen molar-refractivity contribution < 1.29 is 19.3 Å². The fourth-order valence-electron chi connectivity index (χ4n) is 3.79. The second-order valence-electron chi connectivity index (χ2n) is 7.81. The lowest BCUT2D eigenvalue weighted by Crippen LogP contribution is -3.11. The van der Waals surface area contributed by atoms with E-state index in [4.69, 9.17) is 4.99 Å². The normalized spacial score (nSPS) is 18.7. The number of aliphatic imine (C=N–C) groups is 1. The first-order valence-electron chi connectivity index (χ1n) is 11.0. The highest BCUT2D eigenvalue weighted by Crippen LogP contribution is 2.18. The molecule has 1 aromatic rings. The number of imide groups is 2. The summed E-state index contributed by atoms with van der Waals surface area (Å²) in [6, 6.07) is 8.63. The van der Waals surface area contributed by atoms with E-state index in [1.54, 1.807) is 4.90 Å². The lowest BCUT2D eigenvalue weighted by atomic mass is 9.95. The fraction of sp³-hybridized carbons (Fsp3) is 0.565. The third-order valence-corrected chi connectivity index (χ3v) is 5.67. The number of rotatable bonds is 11. The Morgan fingerprint density at radius 1 is 1.13 bits per heavy atom. The zero-order valence-corrected chi connectivity index (χ0v) is 18.6. The van der Waals surface area contributed by atoms with E-state index in [0.717, 1.165) is 42.9 Å². The van der Waals surface area contributed by atoms with Gasteiger partial charge in [-0.3, -0.25) is 24.8 Å². The summed E-state index contributed by atoms with van der Waals surface area (Å²) in [4.78, 5) is 45.3. The van der Waals surface area contributed by atoms with Crippen LogP contribution in [0.1, 0.15) is 52.5 Å². The van der Waals surface area contributed by atoms with Crippen LogP contribution in [0.15, 0.2) is 35.3 Å². The third kappa shape index (κ3) is 6.23. The summed E-state index contributed by atoms with van der Waals surface area (Å²) in [5.74, 6) is -2.10. The first-order chi connectivity index (χ1) is 14.4. The molecule has 1 fully saturated rings. The van der Waals surface area contributed by atoms with Gasteiger partial charge in [-0.2, -0.15) is 0 Å². The van der Waals surface area contributed by atoms with Crippen LogP contribution in [-0.4, -0.2) is 54.1 Å². The predicted octanol–water partition coefficient (Wildman–Crippen LogP) is 1.83. The number of carbonyl (C=O) groups is 3. The maximum atomic E-state index is 13.1. The minimum absolute atomic E-state index is 0.0238. The first-order valence-corrected chi connectivity index (χ1v) is 11.0. The summed E-state index contributed by atoms with van der Waals surface area (Å²) in [5, 5.41) is 2.33. The standard InChI is InChI=1S/C23H34N4O3/c1-5-19(24-17(4)12-11-15-26(6-2)7-3)20-21(28)25-23(30)27(22(20)29)16-18-13-9-8-10-14-18/h8-10,13-14,17,20H,5-7,11-12,15-16H2,1-4H3,(H,25,28,30)/p+1/t17-,20?/m0/s1. The van der Waals surface area contributed by atoms with Gasteiger partial charge in [0, 0.05) is 11.8 Å². The number of hydrogen-bond donors (Lipinski definition) is 2. The van der Waals surface area contributed by atoms with Gasteiger partial charge in [-0.05, 0) is 45.6 Å². The first kappa shape index (κ1) is 23.7. The van der Waals surface area contributed by atoms with Gasteiger partial charge in [-0.25, -0.2) is 4.79 Å². The SMILES string of the molecule is CCC(=N[C@@H](C)CCC[NH+](CC)CC)C1C(=O)NC(=O)N(Cc2ccccc2)C1=O. The van der Waals surface area contributed by atoms with E-state index in [9.17, 15) is 14.4 Å². The molecule has 7 heteroatoms. The van der Waals surface area contributed by atoms with Gasteiger partial charge in [0.1, 0.15) is 0 Å². The molecule has 2 rings (SSSR count). The van der Waals surface area contributed by atoms with Crippen LogP contribution in [-0.2, 0) is 16.1 Å². The van der Waals surface area contributed by atoms with E-state index in [1.807, 2.05) is 44.2 Å². The average molecular weight is 416 g/mol. The van der Waals surface area contributed by atoms with Crippen LogP contribution < -0.4 is 10.2 Å². The fourth-order valence-corrected chi connectivity index (χ4v) is 3.79. The van der Waals surface area contributed by atoms with Crippen molar-refractivity contribution >= 4 is 23.6 Å². The summed E-state index contributed by atoms with van der Waals surface area (Å²) >= 11 is 0. The van der Waals surface area contributed by atoms with E-state index in [-0.39, 0.29) is 12.6 Å². The van der Waals surface area contributed by atoms with Crippen molar-refractivity contribution in [1.29, 1.82) is 0 Å². The highest BCUT2D eigenvalue weighted by atomic mass is 16.2. The molecule has 2 atom stereocenters. The molecule has 1 aliphatic rings. The van der Waals surface area contributed by atoms with Gasteiger partial charge < -0.3 is 4.90 Å². The molecule has 0 saturated carbocycles. The monoisotopic (exact) mass is 415 g/mol. The minimum atomic E-state index is -1.03. The van der Waals surface area contributed by atoms with Crippen LogP contribution in [0.4, 0.5) is 4.79 Å². The van der Waals surface area contributed by atoms with E-state index < -0.39 is 23.8 Å². The lowest BCUT2D eigenvalue weighted by molar-refractivity contribution is -0.896. The maximum absolute atomic E-state index is 13.1. The largest absolute Gasteiger partial charge is 0.335 e. The number of nitrogens with zero attached hydrogens (tertiary/aromatic N) is 2. The van der Waals surface area contributed by atoms with Gasteiger partial charge in [0.05, 0.1) is 26.2 Å². The van der Waals surface area contributed by atoms with Crippen molar-refractivity contribution in [2.75, 3.05) is 19.6 Å². The minimum Gasteiger partial charge on any atom is -0.335 e. The van der Waals surface area contributed by atoms with E-state index in [1.165, 1.54) is 0 Å². The zero-order valence-electron chi connectivity index (χ0n) is 18.6. The van der Waals surface area contributed by atoms with E-state index in [2.05, 4.69) is 19.2 Å². The lowest BCUT2D eigenvalue weighted by Gasteiger charge is -2.31. The number of carbonyl (C=O) groups excluding carboxylic acids is 3. The summed E-state index contributed by atoms with van der Waals surface area (Å²) < 4.78 is 0. The molecule has 0 bridgehead atoms. The Kier molecular flexibility index (Phi) is 9.17. The number of urea groups is 1. The molecule has 2 N–H and O–H groups in total. The summed E-state index contributed by atoms with van der Waals surface area (Å²) in [7, 11) is 0. The Morgan fingerprint density at radius 2 is 1.80 bits per heavy atom. The molecule has 1 heterocycles. The van der Waals surface area contributed by atoms with E-state index >= 15 is 0 Å². The summed E-state index contributed by atoms with van der Waals surface area (Å²) in [6.07, 6.45) is 2.44. The molecule has 0 spiro atoms. The third-order valence-electron chi connectivity index (χ3n) is 5.67. The van der Waals surface area contributed by atoms with Gasteiger partial charge in [-0.15, -0.1) is 0 Å². The predicted molar refractivity (Wildman–Crippen MR) is 117 cm³/mol. The second kappa shape index (κ2) is 11.6. The Balaban J connectivity index is 2.10. The molecule has 1 saturated heterocycles. The Labute approximate surface area is 179 Å². The molecule has 1 aliphatic heterocycles. The Bertz CT molecular complexity index is 759. The molecule has 0 aromatic heterocycles. The van der Waals surface area contributed by atoms with Crippen molar-refractivity contribution in [3.8, 4) is 0 Å².